The molecule has 1 N–H and O–H groups in total. The van der Waals surface area contributed by atoms with E-state index in [0.29, 0.717) is 24.2 Å². The molecule has 3 nitrogen and oxygen atoms in total. The zero-order chi connectivity index (χ0) is 13.7. The van der Waals surface area contributed by atoms with Gasteiger partial charge in [-0.3, -0.25) is 4.79 Å². The van der Waals surface area contributed by atoms with Crippen LogP contribution in [0.2, 0.25) is 0 Å². The highest BCUT2D eigenvalue weighted by molar-refractivity contribution is 5.97. The number of Topliss-reactive ketones (excluding diaryl/α,β-unsaturated/α-hetero) is 1. The zero-order valence-electron chi connectivity index (χ0n) is 11.2. The second-order valence-corrected chi connectivity index (χ2v) is 4.95. The Bertz CT molecular complexity index is 442. The molecule has 1 aliphatic rings. The smallest absolute Gasteiger partial charge is 0.165 e. The number of ketones is 1. The molecule has 1 aromatic rings. The van der Waals surface area contributed by atoms with E-state index in [1.54, 1.807) is 13.0 Å². The number of hydrogen-bond acceptors (Lipinski definition) is 3. The molecule has 0 unspecified atom stereocenters. The summed E-state index contributed by atoms with van der Waals surface area (Å²) in [5.41, 5.74) is 1.28. The van der Waals surface area contributed by atoms with Crippen LogP contribution in [0.4, 0.5) is 4.39 Å². The molecule has 1 aliphatic heterocycles. The number of carbonyl (C=O) groups excluding carboxylic acids is 1. The molecular weight excluding hydrogens is 245 g/mol. The highest BCUT2D eigenvalue weighted by Gasteiger charge is 2.15. The molecule has 0 saturated carbocycles. The van der Waals surface area contributed by atoms with Crippen LogP contribution in [0, 0.1) is 12.7 Å². The molecule has 2 rings (SSSR count). The number of nitrogens with one attached hydrogen (secondary N) is 1. The lowest BCUT2D eigenvalue weighted by Gasteiger charge is -2.22. The Morgan fingerprint density at radius 1 is 1.42 bits per heavy atom. The van der Waals surface area contributed by atoms with Crippen molar-refractivity contribution in [2.45, 2.75) is 32.3 Å². The Morgan fingerprint density at radius 3 is 2.84 bits per heavy atom. The molecule has 0 spiro atoms. The molecule has 1 aromatic carbocycles. The van der Waals surface area contributed by atoms with Gasteiger partial charge in [0.05, 0.1) is 12.7 Å². The van der Waals surface area contributed by atoms with Gasteiger partial charge < -0.3 is 10.1 Å². The standard InChI is InChI=1S/C15H20FNO2/c1-11-10-12(16)2-3-14(11)15(18)6-9-19-13-4-7-17-8-5-13/h2-3,10,13,17H,4-9H2,1H3. The summed E-state index contributed by atoms with van der Waals surface area (Å²) in [6.07, 6.45) is 2.63. The van der Waals surface area contributed by atoms with Gasteiger partial charge in [-0.25, -0.2) is 4.39 Å². The van der Waals surface area contributed by atoms with E-state index in [0.717, 1.165) is 25.9 Å². The van der Waals surface area contributed by atoms with Crippen molar-refractivity contribution in [3.05, 3.63) is 35.1 Å². The van der Waals surface area contributed by atoms with E-state index in [1.165, 1.54) is 12.1 Å². The van der Waals surface area contributed by atoms with Crippen LogP contribution in [-0.4, -0.2) is 31.6 Å². The van der Waals surface area contributed by atoms with Crippen molar-refractivity contribution < 1.29 is 13.9 Å². The van der Waals surface area contributed by atoms with Crippen molar-refractivity contribution in [1.29, 1.82) is 0 Å². The summed E-state index contributed by atoms with van der Waals surface area (Å²) in [5.74, 6) is -0.286. The van der Waals surface area contributed by atoms with Crippen molar-refractivity contribution in [2.75, 3.05) is 19.7 Å². The molecule has 0 atom stereocenters. The number of carbonyl (C=O) groups is 1. The summed E-state index contributed by atoms with van der Waals surface area (Å²) in [6.45, 7) is 4.16. The predicted octanol–water partition coefficient (Wildman–Crippen LogP) is 2.48. The van der Waals surface area contributed by atoms with Crippen molar-refractivity contribution in [2.24, 2.45) is 0 Å². The quantitative estimate of drug-likeness (QED) is 0.831. The van der Waals surface area contributed by atoms with Crippen LogP contribution in [0.1, 0.15) is 35.2 Å². The number of aryl methyl sites for hydroxylation is 1. The Hall–Kier alpha value is -1.26. The van der Waals surface area contributed by atoms with Gasteiger partial charge in [0.1, 0.15) is 5.82 Å². The maximum absolute atomic E-state index is 13.0. The Balaban J connectivity index is 1.80. The molecule has 0 amide bonds. The van der Waals surface area contributed by atoms with Gasteiger partial charge in [-0.05, 0) is 56.6 Å². The monoisotopic (exact) mass is 265 g/mol. The van der Waals surface area contributed by atoms with E-state index >= 15 is 0 Å². The third kappa shape index (κ3) is 4.11. The topological polar surface area (TPSA) is 38.3 Å². The summed E-state index contributed by atoms with van der Waals surface area (Å²) >= 11 is 0. The Morgan fingerprint density at radius 2 is 2.16 bits per heavy atom. The van der Waals surface area contributed by atoms with Crippen LogP contribution in [0.5, 0.6) is 0 Å². The molecule has 0 radical (unpaired) electrons. The van der Waals surface area contributed by atoms with Crippen molar-refractivity contribution in [1.82, 2.24) is 5.32 Å². The normalized spacial score (nSPS) is 16.5. The molecule has 0 aromatic heterocycles. The Kier molecular flexibility index (Phi) is 5.05. The number of hydrogen-bond donors (Lipinski definition) is 1. The predicted molar refractivity (Wildman–Crippen MR) is 71.9 cm³/mol. The minimum absolute atomic E-state index is 0.0198. The molecule has 19 heavy (non-hydrogen) atoms. The van der Waals surface area contributed by atoms with Crippen molar-refractivity contribution >= 4 is 5.78 Å². The Labute approximate surface area is 113 Å². The fourth-order valence-corrected chi connectivity index (χ4v) is 2.36. The van der Waals surface area contributed by atoms with Gasteiger partial charge in [0.15, 0.2) is 5.78 Å². The number of piperidine rings is 1. The molecule has 104 valence electrons. The van der Waals surface area contributed by atoms with Crippen LogP contribution < -0.4 is 5.32 Å². The van der Waals surface area contributed by atoms with Gasteiger partial charge in [-0.15, -0.1) is 0 Å². The maximum atomic E-state index is 13.0. The molecule has 1 fully saturated rings. The highest BCUT2D eigenvalue weighted by Crippen LogP contribution is 2.13. The van der Waals surface area contributed by atoms with E-state index in [2.05, 4.69) is 5.32 Å². The summed E-state index contributed by atoms with van der Waals surface area (Å²) in [6, 6.07) is 4.27. The van der Waals surface area contributed by atoms with Crippen LogP contribution in [0.15, 0.2) is 18.2 Å². The van der Waals surface area contributed by atoms with Crippen molar-refractivity contribution in [3.8, 4) is 0 Å². The molecule has 4 heteroatoms. The third-order valence-corrected chi connectivity index (χ3v) is 3.46. The average molecular weight is 265 g/mol. The van der Waals surface area contributed by atoms with Gasteiger partial charge in [0.2, 0.25) is 0 Å². The van der Waals surface area contributed by atoms with Gasteiger partial charge in [-0.1, -0.05) is 0 Å². The average Bonchev–Trinajstić information content (AvgIpc) is 2.39. The zero-order valence-corrected chi connectivity index (χ0v) is 11.2. The van der Waals surface area contributed by atoms with Gasteiger partial charge in [0, 0.05) is 12.0 Å². The fraction of sp³-hybridized carbons (Fsp3) is 0.533. The summed E-state index contributed by atoms with van der Waals surface area (Å²) < 4.78 is 18.7. The van der Waals surface area contributed by atoms with Crippen LogP contribution >= 0.6 is 0 Å². The first kappa shape index (κ1) is 14.2. The second kappa shape index (κ2) is 6.78. The van der Waals surface area contributed by atoms with E-state index in [9.17, 15) is 9.18 Å². The SMILES string of the molecule is Cc1cc(F)ccc1C(=O)CCOC1CCNCC1. The largest absolute Gasteiger partial charge is 0.378 e. The van der Waals surface area contributed by atoms with E-state index in [4.69, 9.17) is 4.74 Å². The number of benzene rings is 1. The highest BCUT2D eigenvalue weighted by atomic mass is 19.1. The van der Waals surface area contributed by atoms with Gasteiger partial charge in [0.25, 0.3) is 0 Å². The second-order valence-electron chi connectivity index (χ2n) is 4.95. The first-order valence-electron chi connectivity index (χ1n) is 6.78. The van der Waals surface area contributed by atoms with Crippen LogP contribution in [0.3, 0.4) is 0 Å². The third-order valence-electron chi connectivity index (χ3n) is 3.46. The van der Waals surface area contributed by atoms with E-state index in [-0.39, 0.29) is 17.7 Å². The first-order chi connectivity index (χ1) is 9.16. The van der Waals surface area contributed by atoms with Crippen LogP contribution in [0.25, 0.3) is 0 Å². The first-order valence-corrected chi connectivity index (χ1v) is 6.78. The lowest BCUT2D eigenvalue weighted by molar-refractivity contribution is 0.0313. The number of ether oxygens (including phenoxy) is 1. The molecule has 0 bridgehead atoms. The lowest BCUT2D eigenvalue weighted by Crippen LogP contribution is -2.32. The number of halogens is 1. The molecule has 1 saturated heterocycles. The van der Waals surface area contributed by atoms with E-state index < -0.39 is 0 Å². The minimum atomic E-state index is -0.306. The van der Waals surface area contributed by atoms with Gasteiger partial charge >= 0.3 is 0 Å². The fourth-order valence-electron chi connectivity index (χ4n) is 2.36. The lowest BCUT2D eigenvalue weighted by atomic mass is 10.0. The molecular formula is C15H20FNO2. The van der Waals surface area contributed by atoms with Crippen molar-refractivity contribution in [3.63, 3.8) is 0 Å². The van der Waals surface area contributed by atoms with Gasteiger partial charge in [-0.2, -0.15) is 0 Å². The summed E-state index contributed by atoms with van der Waals surface area (Å²) in [5, 5.41) is 3.27. The number of rotatable bonds is 5. The summed E-state index contributed by atoms with van der Waals surface area (Å²) in [4.78, 5) is 12.0. The van der Waals surface area contributed by atoms with E-state index in [1.807, 2.05) is 0 Å². The minimum Gasteiger partial charge on any atom is -0.378 e. The molecule has 1 heterocycles. The summed E-state index contributed by atoms with van der Waals surface area (Å²) in [7, 11) is 0. The maximum Gasteiger partial charge on any atom is 0.165 e. The molecule has 0 aliphatic carbocycles. The van der Waals surface area contributed by atoms with Crippen LogP contribution in [-0.2, 0) is 4.74 Å².